The number of aromatic nitrogens is 2. The number of imidazole rings is 1. The average Bonchev–Trinajstić information content (AvgIpc) is 3.02. The summed E-state index contributed by atoms with van der Waals surface area (Å²) < 4.78 is 7.38. The van der Waals surface area contributed by atoms with Crippen molar-refractivity contribution in [3.05, 3.63) is 35.3 Å². The van der Waals surface area contributed by atoms with Crippen LogP contribution in [0.2, 0.25) is 0 Å². The van der Waals surface area contributed by atoms with Gasteiger partial charge in [0.2, 0.25) is 0 Å². The fourth-order valence-corrected chi connectivity index (χ4v) is 2.64. The molecule has 0 spiro atoms. The molecule has 2 aromatic heterocycles. The topological polar surface area (TPSA) is 55.6 Å². The van der Waals surface area contributed by atoms with Gasteiger partial charge in [0, 0.05) is 19.3 Å². The number of aryl methyl sites for hydroxylation is 2. The van der Waals surface area contributed by atoms with Crippen LogP contribution >= 0.6 is 0 Å². The highest BCUT2D eigenvalue weighted by Crippen LogP contribution is 2.14. The Labute approximate surface area is 118 Å². The van der Waals surface area contributed by atoms with Gasteiger partial charge >= 0.3 is 0 Å². The molecule has 20 heavy (non-hydrogen) atoms. The Hall–Kier alpha value is -1.88. The van der Waals surface area contributed by atoms with Crippen molar-refractivity contribution >= 4 is 11.6 Å². The Morgan fingerprint density at radius 3 is 3.10 bits per heavy atom. The number of ether oxygens (including phenoxy) is 1. The lowest BCUT2D eigenvalue weighted by molar-refractivity contribution is 0.0852. The van der Waals surface area contributed by atoms with Crippen LogP contribution in [0.5, 0.6) is 0 Å². The van der Waals surface area contributed by atoms with E-state index in [1.165, 1.54) is 0 Å². The third-order valence-corrected chi connectivity index (χ3v) is 3.67. The van der Waals surface area contributed by atoms with Crippen LogP contribution in [0.25, 0.3) is 5.65 Å². The number of nitrogens with zero attached hydrogens (tertiary/aromatic N) is 2. The number of rotatable bonds is 3. The van der Waals surface area contributed by atoms with Crippen molar-refractivity contribution in [1.82, 2.24) is 14.7 Å². The van der Waals surface area contributed by atoms with Crippen molar-refractivity contribution in [3.8, 4) is 0 Å². The van der Waals surface area contributed by atoms with E-state index in [-0.39, 0.29) is 12.0 Å². The van der Waals surface area contributed by atoms with Gasteiger partial charge in [0.25, 0.3) is 5.91 Å². The molecule has 1 aliphatic rings. The van der Waals surface area contributed by atoms with Crippen molar-refractivity contribution in [1.29, 1.82) is 0 Å². The Morgan fingerprint density at radius 2 is 2.35 bits per heavy atom. The summed E-state index contributed by atoms with van der Waals surface area (Å²) in [6, 6.07) is 3.93. The van der Waals surface area contributed by atoms with E-state index in [1.807, 2.05) is 36.6 Å². The molecule has 2 aromatic rings. The zero-order valence-electron chi connectivity index (χ0n) is 11.8. The molecule has 1 unspecified atom stereocenters. The monoisotopic (exact) mass is 273 g/mol. The maximum Gasteiger partial charge on any atom is 0.270 e. The molecule has 3 heterocycles. The van der Waals surface area contributed by atoms with Crippen molar-refractivity contribution in [3.63, 3.8) is 0 Å². The molecular formula is C15H19N3O2. The van der Waals surface area contributed by atoms with E-state index in [2.05, 4.69) is 10.3 Å². The zero-order chi connectivity index (χ0) is 14.1. The Morgan fingerprint density at radius 1 is 1.50 bits per heavy atom. The largest absolute Gasteiger partial charge is 0.376 e. The van der Waals surface area contributed by atoms with Gasteiger partial charge < -0.3 is 10.1 Å². The van der Waals surface area contributed by atoms with E-state index in [0.717, 1.165) is 36.4 Å². The lowest BCUT2D eigenvalue weighted by Crippen LogP contribution is -2.32. The molecule has 0 aliphatic carbocycles. The van der Waals surface area contributed by atoms with Gasteiger partial charge in [-0.25, -0.2) is 4.98 Å². The predicted octanol–water partition coefficient (Wildman–Crippen LogP) is 1.86. The number of carbonyl (C=O) groups excluding carboxylic acids is 1. The van der Waals surface area contributed by atoms with Crippen molar-refractivity contribution in [2.24, 2.45) is 0 Å². The number of pyridine rings is 1. The summed E-state index contributed by atoms with van der Waals surface area (Å²) in [4.78, 5) is 16.8. The molecule has 0 aromatic carbocycles. The van der Waals surface area contributed by atoms with E-state index in [0.29, 0.717) is 12.2 Å². The van der Waals surface area contributed by atoms with Gasteiger partial charge in [-0.3, -0.25) is 9.20 Å². The molecule has 106 valence electrons. The van der Waals surface area contributed by atoms with Gasteiger partial charge in [0.1, 0.15) is 11.3 Å². The number of fused-ring (bicyclic) bond motifs is 1. The molecular weight excluding hydrogens is 254 g/mol. The molecule has 0 radical (unpaired) electrons. The fraction of sp³-hybridized carbons (Fsp3) is 0.467. The van der Waals surface area contributed by atoms with Crippen LogP contribution < -0.4 is 5.32 Å². The van der Waals surface area contributed by atoms with Crippen molar-refractivity contribution < 1.29 is 9.53 Å². The SMILES string of the molecule is Cc1ccc2nc(C)c(C(=O)NCC3CCCO3)n2c1. The summed E-state index contributed by atoms with van der Waals surface area (Å²) in [5.41, 5.74) is 3.26. The normalized spacial score (nSPS) is 18.6. The Balaban J connectivity index is 1.82. The van der Waals surface area contributed by atoms with Crippen LogP contribution in [0.4, 0.5) is 0 Å². The minimum Gasteiger partial charge on any atom is -0.376 e. The molecule has 5 nitrogen and oxygen atoms in total. The van der Waals surface area contributed by atoms with Gasteiger partial charge in [0.05, 0.1) is 11.8 Å². The van der Waals surface area contributed by atoms with E-state index >= 15 is 0 Å². The van der Waals surface area contributed by atoms with Crippen LogP contribution in [0.1, 0.15) is 34.6 Å². The van der Waals surface area contributed by atoms with Crippen LogP contribution in [0.15, 0.2) is 18.3 Å². The lowest BCUT2D eigenvalue weighted by Gasteiger charge is -2.11. The molecule has 3 rings (SSSR count). The number of hydrogen-bond donors (Lipinski definition) is 1. The highest BCUT2D eigenvalue weighted by molar-refractivity contribution is 5.94. The molecule has 5 heteroatoms. The van der Waals surface area contributed by atoms with E-state index < -0.39 is 0 Å². The summed E-state index contributed by atoms with van der Waals surface area (Å²) in [7, 11) is 0. The first kappa shape index (κ1) is 13.1. The van der Waals surface area contributed by atoms with Crippen LogP contribution in [0, 0.1) is 13.8 Å². The van der Waals surface area contributed by atoms with Crippen LogP contribution in [0.3, 0.4) is 0 Å². The fourth-order valence-electron chi connectivity index (χ4n) is 2.64. The number of nitrogens with one attached hydrogen (secondary N) is 1. The minimum absolute atomic E-state index is 0.0869. The van der Waals surface area contributed by atoms with E-state index in [4.69, 9.17) is 4.74 Å². The Bertz CT molecular complexity index is 642. The second-order valence-electron chi connectivity index (χ2n) is 5.33. The maximum absolute atomic E-state index is 12.4. The number of hydrogen-bond acceptors (Lipinski definition) is 3. The quantitative estimate of drug-likeness (QED) is 0.928. The standard InChI is InChI=1S/C15H19N3O2/c1-10-5-6-13-17-11(2)14(18(13)9-10)15(19)16-8-12-4-3-7-20-12/h5-6,9,12H,3-4,7-8H2,1-2H3,(H,16,19). The average molecular weight is 273 g/mol. The first-order chi connectivity index (χ1) is 9.65. The molecule has 1 amide bonds. The molecule has 1 N–H and O–H groups in total. The van der Waals surface area contributed by atoms with Gasteiger partial charge in [0.15, 0.2) is 0 Å². The summed E-state index contributed by atoms with van der Waals surface area (Å²) in [6.07, 6.45) is 4.19. The second-order valence-corrected chi connectivity index (χ2v) is 5.33. The van der Waals surface area contributed by atoms with Gasteiger partial charge in [-0.15, -0.1) is 0 Å². The highest BCUT2D eigenvalue weighted by Gasteiger charge is 2.20. The molecule has 1 aliphatic heterocycles. The molecule has 1 fully saturated rings. The van der Waals surface area contributed by atoms with Gasteiger partial charge in [-0.2, -0.15) is 0 Å². The van der Waals surface area contributed by atoms with Crippen molar-refractivity contribution in [2.75, 3.05) is 13.2 Å². The van der Waals surface area contributed by atoms with Gasteiger partial charge in [-0.1, -0.05) is 6.07 Å². The van der Waals surface area contributed by atoms with E-state index in [9.17, 15) is 4.79 Å². The maximum atomic E-state index is 12.4. The summed E-state index contributed by atoms with van der Waals surface area (Å²) >= 11 is 0. The summed E-state index contributed by atoms with van der Waals surface area (Å²) in [5, 5.41) is 2.95. The Kier molecular flexibility index (Phi) is 3.44. The van der Waals surface area contributed by atoms with Crippen LogP contribution in [-0.4, -0.2) is 34.5 Å². The van der Waals surface area contributed by atoms with E-state index in [1.54, 1.807) is 0 Å². The zero-order valence-corrected chi connectivity index (χ0v) is 11.8. The van der Waals surface area contributed by atoms with Gasteiger partial charge in [-0.05, 0) is 38.3 Å². The molecule has 0 bridgehead atoms. The predicted molar refractivity (Wildman–Crippen MR) is 76.0 cm³/mol. The number of carbonyl (C=O) groups is 1. The third kappa shape index (κ3) is 2.41. The van der Waals surface area contributed by atoms with Crippen LogP contribution in [-0.2, 0) is 4.74 Å². The lowest BCUT2D eigenvalue weighted by atomic mass is 10.2. The molecule has 1 saturated heterocycles. The minimum atomic E-state index is -0.0869. The molecule has 1 atom stereocenters. The van der Waals surface area contributed by atoms with Crippen molar-refractivity contribution in [2.45, 2.75) is 32.8 Å². The summed E-state index contributed by atoms with van der Waals surface area (Å²) in [5.74, 6) is -0.0869. The molecule has 0 saturated carbocycles. The first-order valence-corrected chi connectivity index (χ1v) is 7.00. The number of amides is 1. The summed E-state index contributed by atoms with van der Waals surface area (Å²) in [6.45, 7) is 5.23. The highest BCUT2D eigenvalue weighted by atomic mass is 16.5. The first-order valence-electron chi connectivity index (χ1n) is 7.00. The third-order valence-electron chi connectivity index (χ3n) is 3.67. The smallest absolute Gasteiger partial charge is 0.270 e. The second kappa shape index (κ2) is 5.25.